The molecular formula is C17H25ClN2O4S. The third-order valence-corrected chi connectivity index (χ3v) is 5.51. The van der Waals surface area contributed by atoms with E-state index in [4.69, 9.17) is 16.3 Å². The fraction of sp³-hybridized carbons (Fsp3) is 0.588. The smallest absolute Gasteiger partial charge is 0.410 e. The molecule has 1 aromatic rings. The van der Waals surface area contributed by atoms with Gasteiger partial charge in [0.1, 0.15) is 5.60 Å². The standard InChI is InChI=1S/C17H25ClN2O4S/c1-17(2,3)24-16(21)20-10-6-8-14(20)11-19-25(22,23)12-13-7-4-5-9-15(13)18/h4-5,7,9,14,19H,6,8,10-12H2,1-3H3/t14-/m0/s1. The van der Waals surface area contributed by atoms with Gasteiger partial charge >= 0.3 is 6.09 Å². The number of rotatable bonds is 5. The van der Waals surface area contributed by atoms with E-state index in [2.05, 4.69) is 4.72 Å². The first-order chi connectivity index (χ1) is 11.6. The van der Waals surface area contributed by atoms with E-state index in [1.54, 1.807) is 29.2 Å². The monoisotopic (exact) mass is 388 g/mol. The molecule has 140 valence electrons. The molecule has 1 amide bonds. The van der Waals surface area contributed by atoms with Gasteiger partial charge in [-0.15, -0.1) is 0 Å². The second kappa shape index (κ2) is 7.93. The van der Waals surface area contributed by atoms with Gasteiger partial charge in [-0.1, -0.05) is 29.8 Å². The predicted octanol–water partition coefficient (Wildman–Crippen LogP) is 3.16. The van der Waals surface area contributed by atoms with Crippen molar-refractivity contribution in [1.29, 1.82) is 0 Å². The van der Waals surface area contributed by atoms with E-state index in [-0.39, 0.29) is 18.3 Å². The molecule has 0 unspecified atom stereocenters. The third-order valence-electron chi connectivity index (χ3n) is 3.85. The highest BCUT2D eigenvalue weighted by Crippen LogP contribution is 2.21. The van der Waals surface area contributed by atoms with Crippen LogP contribution in [-0.4, -0.2) is 44.1 Å². The molecule has 0 spiro atoms. The number of nitrogens with one attached hydrogen (secondary N) is 1. The Hall–Kier alpha value is -1.31. The van der Waals surface area contributed by atoms with E-state index in [9.17, 15) is 13.2 Å². The maximum atomic E-state index is 12.3. The van der Waals surface area contributed by atoms with E-state index in [1.165, 1.54) is 0 Å². The van der Waals surface area contributed by atoms with Gasteiger partial charge in [0.2, 0.25) is 10.0 Å². The highest BCUT2D eigenvalue weighted by atomic mass is 35.5. The van der Waals surface area contributed by atoms with Gasteiger partial charge in [-0.25, -0.2) is 17.9 Å². The Morgan fingerprint density at radius 3 is 2.68 bits per heavy atom. The number of hydrogen-bond acceptors (Lipinski definition) is 4. The lowest BCUT2D eigenvalue weighted by Gasteiger charge is -2.28. The van der Waals surface area contributed by atoms with Gasteiger partial charge in [-0.3, -0.25) is 0 Å². The quantitative estimate of drug-likeness (QED) is 0.840. The zero-order valence-corrected chi connectivity index (χ0v) is 16.4. The average molecular weight is 389 g/mol. The van der Waals surface area contributed by atoms with Crippen LogP contribution in [0.2, 0.25) is 5.02 Å². The zero-order chi connectivity index (χ0) is 18.7. The Morgan fingerprint density at radius 1 is 1.36 bits per heavy atom. The summed E-state index contributed by atoms with van der Waals surface area (Å²) in [5, 5.41) is 0.420. The molecule has 6 nitrogen and oxygen atoms in total. The first kappa shape index (κ1) is 20.0. The normalized spacial score (nSPS) is 18.4. The molecule has 0 bridgehead atoms. The van der Waals surface area contributed by atoms with Gasteiger partial charge in [0.05, 0.1) is 5.75 Å². The van der Waals surface area contributed by atoms with Crippen molar-refractivity contribution >= 4 is 27.7 Å². The van der Waals surface area contributed by atoms with E-state index >= 15 is 0 Å². The van der Waals surface area contributed by atoms with Crippen LogP contribution in [0.15, 0.2) is 24.3 Å². The molecule has 1 fully saturated rings. The van der Waals surface area contributed by atoms with Crippen LogP contribution in [-0.2, 0) is 20.5 Å². The number of amides is 1. The highest BCUT2D eigenvalue weighted by molar-refractivity contribution is 7.88. The summed E-state index contributed by atoms with van der Waals surface area (Å²) >= 11 is 6.02. The number of carbonyl (C=O) groups is 1. The number of likely N-dealkylation sites (tertiary alicyclic amines) is 1. The van der Waals surface area contributed by atoms with Gasteiger partial charge in [0, 0.05) is 24.2 Å². The second-order valence-electron chi connectivity index (χ2n) is 7.17. The zero-order valence-electron chi connectivity index (χ0n) is 14.8. The Labute approximate surface area is 154 Å². The Bertz CT molecular complexity index is 716. The number of halogens is 1. The van der Waals surface area contributed by atoms with Crippen molar-refractivity contribution in [3.63, 3.8) is 0 Å². The number of hydrogen-bond donors (Lipinski definition) is 1. The van der Waals surface area contributed by atoms with Crippen molar-refractivity contribution in [2.24, 2.45) is 0 Å². The molecule has 1 aromatic carbocycles. The molecule has 1 atom stereocenters. The minimum atomic E-state index is -3.54. The minimum absolute atomic E-state index is 0.173. The van der Waals surface area contributed by atoms with Crippen LogP contribution in [0.3, 0.4) is 0 Å². The van der Waals surface area contributed by atoms with Gasteiger partial charge in [0.15, 0.2) is 0 Å². The minimum Gasteiger partial charge on any atom is -0.444 e. The fourth-order valence-electron chi connectivity index (χ4n) is 2.70. The molecule has 1 heterocycles. The van der Waals surface area contributed by atoms with Gasteiger partial charge in [0.25, 0.3) is 0 Å². The lowest BCUT2D eigenvalue weighted by molar-refractivity contribution is 0.0229. The largest absolute Gasteiger partial charge is 0.444 e. The van der Waals surface area contributed by atoms with Crippen LogP contribution in [0, 0.1) is 0 Å². The van der Waals surface area contributed by atoms with Crippen molar-refractivity contribution in [2.75, 3.05) is 13.1 Å². The van der Waals surface area contributed by atoms with Gasteiger partial charge < -0.3 is 9.64 Å². The SMILES string of the molecule is CC(C)(C)OC(=O)N1CCC[C@H]1CNS(=O)(=O)Cc1ccccc1Cl. The summed E-state index contributed by atoms with van der Waals surface area (Å²) < 4.78 is 32.6. The van der Waals surface area contributed by atoms with Crippen LogP contribution in [0.1, 0.15) is 39.2 Å². The molecule has 1 saturated heterocycles. The van der Waals surface area contributed by atoms with Crippen LogP contribution >= 0.6 is 11.6 Å². The Balaban J connectivity index is 1.95. The first-order valence-electron chi connectivity index (χ1n) is 8.28. The molecule has 1 aliphatic heterocycles. The molecule has 0 radical (unpaired) electrons. The van der Waals surface area contributed by atoms with Gasteiger partial charge in [-0.05, 0) is 45.2 Å². The van der Waals surface area contributed by atoms with E-state index in [0.717, 1.165) is 12.8 Å². The summed E-state index contributed by atoms with van der Waals surface area (Å²) in [4.78, 5) is 13.8. The maximum absolute atomic E-state index is 12.3. The number of benzene rings is 1. The molecule has 2 rings (SSSR count). The van der Waals surface area contributed by atoms with E-state index in [1.807, 2.05) is 20.8 Å². The lowest BCUT2D eigenvalue weighted by atomic mass is 10.2. The van der Waals surface area contributed by atoms with Crippen molar-refractivity contribution in [1.82, 2.24) is 9.62 Å². The van der Waals surface area contributed by atoms with Crippen molar-refractivity contribution in [2.45, 2.75) is 51.0 Å². The average Bonchev–Trinajstić information content (AvgIpc) is 2.94. The number of nitrogens with zero attached hydrogens (tertiary/aromatic N) is 1. The van der Waals surface area contributed by atoms with E-state index < -0.39 is 21.7 Å². The van der Waals surface area contributed by atoms with Crippen LogP contribution < -0.4 is 4.72 Å². The van der Waals surface area contributed by atoms with Gasteiger partial charge in [-0.2, -0.15) is 0 Å². The molecular weight excluding hydrogens is 364 g/mol. The summed E-state index contributed by atoms with van der Waals surface area (Å²) in [6.45, 7) is 6.17. The van der Waals surface area contributed by atoms with Crippen molar-refractivity contribution < 1.29 is 17.9 Å². The van der Waals surface area contributed by atoms with Crippen LogP contribution in [0.5, 0.6) is 0 Å². The molecule has 0 aliphatic carbocycles. The number of carbonyl (C=O) groups excluding carboxylic acids is 1. The predicted molar refractivity (Wildman–Crippen MR) is 98.0 cm³/mol. The molecule has 1 aliphatic rings. The van der Waals surface area contributed by atoms with E-state index in [0.29, 0.717) is 17.1 Å². The number of ether oxygens (including phenoxy) is 1. The fourth-order valence-corrected chi connectivity index (χ4v) is 4.19. The molecule has 0 aromatic heterocycles. The Kier molecular flexibility index (Phi) is 6.35. The number of sulfonamides is 1. The summed E-state index contributed by atoms with van der Waals surface area (Å²) in [5.74, 6) is -0.189. The highest BCUT2D eigenvalue weighted by Gasteiger charge is 2.32. The summed E-state index contributed by atoms with van der Waals surface area (Å²) in [5.41, 5.74) is -0.0274. The molecule has 1 N–H and O–H groups in total. The van der Waals surface area contributed by atoms with Crippen LogP contribution in [0.4, 0.5) is 4.79 Å². The molecule has 8 heteroatoms. The van der Waals surface area contributed by atoms with Crippen molar-refractivity contribution in [3.8, 4) is 0 Å². The summed E-state index contributed by atoms with van der Waals surface area (Å²) in [7, 11) is -3.54. The summed E-state index contributed by atoms with van der Waals surface area (Å²) in [6, 6.07) is 6.65. The van der Waals surface area contributed by atoms with Crippen molar-refractivity contribution in [3.05, 3.63) is 34.9 Å². The first-order valence-corrected chi connectivity index (χ1v) is 10.3. The molecule has 0 saturated carbocycles. The Morgan fingerprint density at radius 2 is 2.04 bits per heavy atom. The van der Waals surface area contributed by atoms with Crippen LogP contribution in [0.25, 0.3) is 0 Å². The lowest BCUT2D eigenvalue weighted by Crippen LogP contribution is -2.45. The topological polar surface area (TPSA) is 75.7 Å². The third kappa shape index (κ3) is 6.17. The maximum Gasteiger partial charge on any atom is 0.410 e. The summed E-state index contributed by atoms with van der Waals surface area (Å²) in [6.07, 6.45) is 1.17. The second-order valence-corrected chi connectivity index (χ2v) is 9.38. The molecule has 25 heavy (non-hydrogen) atoms.